The summed E-state index contributed by atoms with van der Waals surface area (Å²) in [6, 6.07) is 0.739. The highest BCUT2D eigenvalue weighted by Gasteiger charge is 2.42. The van der Waals surface area contributed by atoms with E-state index in [4.69, 9.17) is 0 Å². The number of rotatable bonds is 6. The second-order valence-corrected chi connectivity index (χ2v) is 7.04. The van der Waals surface area contributed by atoms with Gasteiger partial charge in [-0.05, 0) is 49.4 Å². The van der Waals surface area contributed by atoms with Gasteiger partial charge in [-0.3, -0.25) is 0 Å². The Morgan fingerprint density at radius 3 is 2.39 bits per heavy atom. The van der Waals surface area contributed by atoms with E-state index in [-0.39, 0.29) is 0 Å². The van der Waals surface area contributed by atoms with Crippen LogP contribution < -0.4 is 5.32 Å². The molecule has 1 N–H and O–H groups in total. The van der Waals surface area contributed by atoms with Gasteiger partial charge in [0.2, 0.25) is 0 Å². The zero-order chi connectivity index (χ0) is 12.5. The summed E-state index contributed by atoms with van der Waals surface area (Å²) in [6.07, 6.45) is 7.42. The Kier molecular flexibility index (Phi) is 3.95. The Labute approximate surface area is 113 Å². The summed E-state index contributed by atoms with van der Waals surface area (Å²) in [4.78, 5) is 2.77. The van der Waals surface area contributed by atoms with Crippen LogP contribution in [0, 0.1) is 23.7 Å². The molecule has 2 aliphatic carbocycles. The fraction of sp³-hybridized carbons (Fsp3) is 1.00. The molecule has 0 amide bonds. The van der Waals surface area contributed by atoms with Crippen LogP contribution in [0.2, 0.25) is 0 Å². The van der Waals surface area contributed by atoms with Gasteiger partial charge in [-0.1, -0.05) is 20.3 Å². The summed E-state index contributed by atoms with van der Waals surface area (Å²) >= 11 is 0. The summed E-state index contributed by atoms with van der Waals surface area (Å²) in [5.74, 6) is 4.10. The number of nitrogens with one attached hydrogen (secondary N) is 1. The van der Waals surface area contributed by atoms with E-state index < -0.39 is 0 Å². The molecule has 1 heterocycles. The normalized spacial score (nSPS) is 31.8. The van der Waals surface area contributed by atoms with E-state index in [1.807, 2.05) is 0 Å². The van der Waals surface area contributed by atoms with Crippen molar-refractivity contribution in [1.29, 1.82) is 0 Å². The maximum atomic E-state index is 3.72. The summed E-state index contributed by atoms with van der Waals surface area (Å²) in [5.41, 5.74) is 0. The highest BCUT2D eigenvalue weighted by Crippen LogP contribution is 2.49. The summed E-state index contributed by atoms with van der Waals surface area (Å²) < 4.78 is 0. The third kappa shape index (κ3) is 3.08. The molecule has 18 heavy (non-hydrogen) atoms. The predicted octanol–water partition coefficient (Wildman–Crippen LogP) is 2.74. The largest absolute Gasteiger partial charge is 0.311 e. The van der Waals surface area contributed by atoms with Gasteiger partial charge in [0.1, 0.15) is 0 Å². The van der Waals surface area contributed by atoms with Crippen molar-refractivity contribution in [3.63, 3.8) is 0 Å². The first-order chi connectivity index (χ1) is 8.78. The molecule has 3 fully saturated rings. The van der Waals surface area contributed by atoms with Crippen LogP contribution in [0.15, 0.2) is 0 Å². The summed E-state index contributed by atoms with van der Waals surface area (Å²) in [7, 11) is 0. The third-order valence-corrected chi connectivity index (χ3v) is 5.54. The second-order valence-electron chi connectivity index (χ2n) is 7.04. The maximum absolute atomic E-state index is 3.72. The van der Waals surface area contributed by atoms with Gasteiger partial charge < -0.3 is 10.2 Å². The van der Waals surface area contributed by atoms with Crippen molar-refractivity contribution in [2.75, 3.05) is 26.2 Å². The van der Waals surface area contributed by atoms with Gasteiger partial charge in [-0.25, -0.2) is 0 Å². The van der Waals surface area contributed by atoms with Crippen molar-refractivity contribution in [3.05, 3.63) is 0 Å². The van der Waals surface area contributed by atoms with Crippen molar-refractivity contribution in [2.45, 2.75) is 52.0 Å². The van der Waals surface area contributed by atoms with Crippen molar-refractivity contribution in [3.8, 4) is 0 Å². The monoisotopic (exact) mass is 250 g/mol. The molecule has 2 unspecified atom stereocenters. The Hall–Kier alpha value is -0.0800. The van der Waals surface area contributed by atoms with Gasteiger partial charge in [-0.2, -0.15) is 0 Å². The average Bonchev–Trinajstić information content (AvgIpc) is 3.28. The Bertz CT molecular complexity index is 258. The molecule has 0 spiro atoms. The molecule has 0 aromatic rings. The molecule has 0 radical (unpaired) electrons. The topological polar surface area (TPSA) is 15.3 Å². The second kappa shape index (κ2) is 5.50. The quantitative estimate of drug-likeness (QED) is 0.780. The minimum Gasteiger partial charge on any atom is -0.311 e. The van der Waals surface area contributed by atoms with Crippen molar-refractivity contribution in [2.24, 2.45) is 23.7 Å². The Balaban J connectivity index is 1.51. The van der Waals surface area contributed by atoms with Crippen LogP contribution in [-0.2, 0) is 0 Å². The lowest BCUT2D eigenvalue weighted by molar-refractivity contribution is 0.135. The SMILES string of the molecule is CCC(C)C1CN(CC(C2CC2)C2CC2)CCN1. The molecule has 104 valence electrons. The van der Waals surface area contributed by atoms with Crippen LogP contribution in [0.1, 0.15) is 46.0 Å². The zero-order valence-electron chi connectivity index (χ0n) is 12.2. The molecule has 3 rings (SSSR count). The summed E-state index contributed by atoms with van der Waals surface area (Å²) in [5, 5.41) is 3.72. The smallest absolute Gasteiger partial charge is 0.0221 e. The van der Waals surface area contributed by atoms with Crippen LogP contribution in [0.3, 0.4) is 0 Å². The maximum Gasteiger partial charge on any atom is 0.0221 e. The molecule has 2 nitrogen and oxygen atoms in total. The highest BCUT2D eigenvalue weighted by molar-refractivity contribution is 4.94. The van der Waals surface area contributed by atoms with Gasteiger partial charge >= 0.3 is 0 Å². The fourth-order valence-electron chi connectivity index (χ4n) is 3.70. The first-order valence-electron chi connectivity index (χ1n) is 8.23. The van der Waals surface area contributed by atoms with E-state index in [2.05, 4.69) is 24.1 Å². The number of hydrogen-bond donors (Lipinski definition) is 1. The standard InChI is InChI=1S/C16H30N2/c1-3-12(2)16-11-18(9-8-17-16)10-15(13-4-5-13)14-6-7-14/h12-17H,3-11H2,1-2H3. The average molecular weight is 250 g/mol. The van der Waals surface area contributed by atoms with Crippen LogP contribution in [0.4, 0.5) is 0 Å². The molecular formula is C16H30N2. The van der Waals surface area contributed by atoms with Crippen LogP contribution in [0.5, 0.6) is 0 Å². The van der Waals surface area contributed by atoms with Crippen molar-refractivity contribution < 1.29 is 0 Å². The van der Waals surface area contributed by atoms with E-state index in [1.165, 1.54) is 58.3 Å². The van der Waals surface area contributed by atoms with E-state index in [0.29, 0.717) is 0 Å². The van der Waals surface area contributed by atoms with Crippen LogP contribution >= 0.6 is 0 Å². The summed E-state index contributed by atoms with van der Waals surface area (Å²) in [6.45, 7) is 9.91. The van der Waals surface area contributed by atoms with E-state index >= 15 is 0 Å². The molecule has 0 aromatic heterocycles. The molecular weight excluding hydrogens is 220 g/mol. The molecule has 0 bridgehead atoms. The third-order valence-electron chi connectivity index (χ3n) is 5.54. The van der Waals surface area contributed by atoms with E-state index in [9.17, 15) is 0 Å². The zero-order valence-corrected chi connectivity index (χ0v) is 12.2. The molecule has 1 saturated heterocycles. The van der Waals surface area contributed by atoms with Gasteiger partial charge in [0.05, 0.1) is 0 Å². The van der Waals surface area contributed by atoms with E-state index in [1.54, 1.807) is 0 Å². The van der Waals surface area contributed by atoms with Crippen LogP contribution in [-0.4, -0.2) is 37.1 Å². The molecule has 3 aliphatic rings. The number of hydrogen-bond acceptors (Lipinski definition) is 2. The fourth-order valence-corrected chi connectivity index (χ4v) is 3.70. The minimum absolute atomic E-state index is 0.739. The van der Waals surface area contributed by atoms with Gasteiger partial charge in [0, 0.05) is 32.2 Å². The molecule has 2 saturated carbocycles. The number of nitrogens with zero attached hydrogens (tertiary/aromatic N) is 1. The Morgan fingerprint density at radius 1 is 1.17 bits per heavy atom. The lowest BCUT2D eigenvalue weighted by Crippen LogP contribution is -2.54. The van der Waals surface area contributed by atoms with Gasteiger partial charge in [0.15, 0.2) is 0 Å². The molecule has 0 aromatic carbocycles. The molecule has 2 heteroatoms. The first-order valence-corrected chi connectivity index (χ1v) is 8.23. The lowest BCUT2D eigenvalue weighted by Gasteiger charge is -2.38. The minimum atomic E-state index is 0.739. The molecule has 1 aliphatic heterocycles. The Morgan fingerprint density at radius 2 is 1.83 bits per heavy atom. The van der Waals surface area contributed by atoms with Crippen molar-refractivity contribution >= 4 is 0 Å². The van der Waals surface area contributed by atoms with E-state index in [0.717, 1.165) is 29.7 Å². The number of piperazine rings is 1. The first kappa shape index (κ1) is 12.9. The van der Waals surface area contributed by atoms with Crippen LogP contribution in [0.25, 0.3) is 0 Å². The van der Waals surface area contributed by atoms with Crippen molar-refractivity contribution in [1.82, 2.24) is 10.2 Å². The lowest BCUT2D eigenvalue weighted by atomic mass is 9.94. The van der Waals surface area contributed by atoms with Gasteiger partial charge in [0.25, 0.3) is 0 Å². The highest BCUT2D eigenvalue weighted by atomic mass is 15.2. The van der Waals surface area contributed by atoms with Gasteiger partial charge in [-0.15, -0.1) is 0 Å². The predicted molar refractivity (Wildman–Crippen MR) is 76.6 cm³/mol. The molecule has 2 atom stereocenters.